The Hall–Kier alpha value is -2.73. The molecule has 0 fully saturated rings. The molecule has 0 aliphatic carbocycles. The molecule has 0 saturated heterocycles. The van der Waals surface area contributed by atoms with Crippen LogP contribution in [0, 0.1) is 0 Å². The second kappa shape index (κ2) is 5.34. The lowest BCUT2D eigenvalue weighted by atomic mass is 10.0. The van der Waals surface area contributed by atoms with Gasteiger partial charge < -0.3 is 11.5 Å². The van der Waals surface area contributed by atoms with E-state index in [9.17, 15) is 4.79 Å². The van der Waals surface area contributed by atoms with E-state index in [-0.39, 0.29) is 5.96 Å². The highest BCUT2D eigenvalue weighted by Crippen LogP contribution is 2.34. The van der Waals surface area contributed by atoms with Crippen LogP contribution in [-0.2, 0) is 0 Å². The summed E-state index contributed by atoms with van der Waals surface area (Å²) in [5.74, 6) is -0.677. The van der Waals surface area contributed by atoms with Crippen LogP contribution in [-0.4, -0.2) is 16.9 Å². The third kappa shape index (κ3) is 2.61. The molecule has 0 radical (unpaired) electrons. The van der Waals surface area contributed by atoms with Gasteiger partial charge in [0.2, 0.25) is 0 Å². The Morgan fingerprint density at radius 3 is 2.62 bits per heavy atom. The van der Waals surface area contributed by atoms with Crippen molar-refractivity contribution >= 4 is 33.3 Å². The van der Waals surface area contributed by atoms with Gasteiger partial charge in [-0.15, -0.1) is 11.3 Å². The lowest BCUT2D eigenvalue weighted by Gasteiger charge is -2.01. The minimum Gasteiger partial charge on any atom is -0.370 e. The molecule has 0 unspecified atom stereocenters. The van der Waals surface area contributed by atoms with Crippen molar-refractivity contribution in [3.63, 3.8) is 0 Å². The van der Waals surface area contributed by atoms with Crippen LogP contribution in [0.1, 0.15) is 10.4 Å². The van der Waals surface area contributed by atoms with E-state index in [4.69, 9.17) is 11.5 Å². The summed E-state index contributed by atoms with van der Waals surface area (Å²) < 4.78 is 1.10. The van der Waals surface area contributed by atoms with Gasteiger partial charge in [0.15, 0.2) is 5.96 Å². The van der Waals surface area contributed by atoms with Crippen molar-refractivity contribution in [2.75, 3.05) is 0 Å². The van der Waals surface area contributed by atoms with Crippen molar-refractivity contribution in [1.82, 2.24) is 4.98 Å². The molecular formula is C15H12N4OS. The predicted molar refractivity (Wildman–Crippen MR) is 85.2 cm³/mol. The molecule has 2 heterocycles. The molecule has 4 N–H and O–H groups in total. The molecular weight excluding hydrogens is 284 g/mol. The first kappa shape index (κ1) is 13.3. The van der Waals surface area contributed by atoms with Crippen LogP contribution in [0.25, 0.3) is 21.2 Å². The molecule has 3 aromatic rings. The van der Waals surface area contributed by atoms with Gasteiger partial charge in [0.1, 0.15) is 0 Å². The van der Waals surface area contributed by atoms with Crippen molar-refractivity contribution < 1.29 is 4.79 Å². The molecule has 2 aromatic heterocycles. The second-order valence-corrected chi connectivity index (χ2v) is 5.35. The summed E-state index contributed by atoms with van der Waals surface area (Å²) in [4.78, 5) is 19.5. The van der Waals surface area contributed by atoms with E-state index in [2.05, 4.69) is 15.4 Å². The van der Waals surface area contributed by atoms with E-state index < -0.39 is 5.91 Å². The summed E-state index contributed by atoms with van der Waals surface area (Å²) >= 11 is 1.63. The number of hydrogen-bond acceptors (Lipinski definition) is 3. The smallest absolute Gasteiger partial charge is 0.280 e. The Morgan fingerprint density at radius 2 is 1.90 bits per heavy atom. The summed E-state index contributed by atoms with van der Waals surface area (Å²) in [6, 6.07) is 9.32. The first-order valence-corrected chi connectivity index (χ1v) is 7.09. The number of carbonyl (C=O) groups excluding carboxylic acids is 1. The van der Waals surface area contributed by atoms with Crippen molar-refractivity contribution in [1.29, 1.82) is 0 Å². The summed E-state index contributed by atoms with van der Waals surface area (Å²) in [7, 11) is 0. The zero-order valence-electron chi connectivity index (χ0n) is 11.0. The number of benzene rings is 1. The fourth-order valence-corrected chi connectivity index (χ4v) is 3.05. The van der Waals surface area contributed by atoms with E-state index in [1.807, 2.05) is 24.3 Å². The van der Waals surface area contributed by atoms with Crippen LogP contribution in [0.15, 0.2) is 53.1 Å². The van der Waals surface area contributed by atoms with E-state index >= 15 is 0 Å². The SMILES string of the molecule is NC(N)=NC(=O)c1ccc2scc(-c3ccncc3)c2c1. The summed E-state index contributed by atoms with van der Waals surface area (Å²) in [5.41, 5.74) is 13.1. The zero-order valence-corrected chi connectivity index (χ0v) is 11.8. The number of amides is 1. The van der Waals surface area contributed by atoms with Gasteiger partial charge >= 0.3 is 0 Å². The largest absolute Gasteiger partial charge is 0.370 e. The number of guanidine groups is 1. The van der Waals surface area contributed by atoms with Gasteiger partial charge in [0.25, 0.3) is 5.91 Å². The van der Waals surface area contributed by atoms with Crippen molar-refractivity contribution in [3.8, 4) is 11.1 Å². The highest BCUT2D eigenvalue weighted by molar-refractivity contribution is 7.17. The Morgan fingerprint density at radius 1 is 1.14 bits per heavy atom. The topological polar surface area (TPSA) is 94.4 Å². The average molecular weight is 296 g/mol. The first-order valence-electron chi connectivity index (χ1n) is 6.21. The molecule has 0 atom stereocenters. The maximum Gasteiger partial charge on any atom is 0.280 e. The molecule has 3 rings (SSSR count). The zero-order chi connectivity index (χ0) is 14.8. The van der Waals surface area contributed by atoms with Gasteiger partial charge in [-0.25, -0.2) is 0 Å². The normalized spacial score (nSPS) is 10.5. The van der Waals surface area contributed by atoms with Crippen molar-refractivity contribution in [2.24, 2.45) is 16.5 Å². The highest BCUT2D eigenvalue weighted by Gasteiger charge is 2.10. The maximum atomic E-state index is 11.9. The quantitative estimate of drug-likeness (QED) is 0.560. The number of aliphatic imine (C=N–C) groups is 1. The molecule has 1 aromatic carbocycles. The number of rotatable bonds is 2. The van der Waals surface area contributed by atoms with Crippen LogP contribution in [0.2, 0.25) is 0 Å². The lowest BCUT2D eigenvalue weighted by Crippen LogP contribution is -2.24. The molecule has 0 bridgehead atoms. The van der Waals surface area contributed by atoms with E-state index in [0.717, 1.165) is 21.2 Å². The fraction of sp³-hybridized carbons (Fsp3) is 0. The molecule has 104 valence electrons. The first-order chi connectivity index (χ1) is 10.1. The number of aromatic nitrogens is 1. The third-order valence-corrected chi connectivity index (χ3v) is 4.01. The van der Waals surface area contributed by atoms with Gasteiger partial charge in [-0.1, -0.05) is 0 Å². The van der Waals surface area contributed by atoms with Gasteiger partial charge in [-0.2, -0.15) is 4.99 Å². The van der Waals surface area contributed by atoms with E-state index in [0.29, 0.717) is 5.56 Å². The molecule has 0 spiro atoms. The Bertz CT molecular complexity index is 835. The molecule has 0 aliphatic heterocycles. The molecule has 5 nitrogen and oxygen atoms in total. The molecule has 0 aliphatic rings. The number of pyridine rings is 1. The van der Waals surface area contributed by atoms with E-state index in [1.54, 1.807) is 29.8 Å². The van der Waals surface area contributed by atoms with Crippen LogP contribution in [0.4, 0.5) is 0 Å². The third-order valence-electron chi connectivity index (χ3n) is 3.04. The Kier molecular flexibility index (Phi) is 3.37. The summed E-state index contributed by atoms with van der Waals surface area (Å²) in [5, 5.41) is 3.07. The maximum absolute atomic E-state index is 11.9. The average Bonchev–Trinajstić information content (AvgIpc) is 2.90. The highest BCUT2D eigenvalue weighted by atomic mass is 32.1. The van der Waals surface area contributed by atoms with Crippen LogP contribution < -0.4 is 11.5 Å². The monoisotopic (exact) mass is 296 g/mol. The number of nitrogens with two attached hydrogens (primary N) is 2. The lowest BCUT2D eigenvalue weighted by molar-refractivity contribution is 0.100. The van der Waals surface area contributed by atoms with Crippen LogP contribution >= 0.6 is 11.3 Å². The fourth-order valence-electron chi connectivity index (χ4n) is 2.10. The number of hydrogen-bond donors (Lipinski definition) is 2. The molecule has 0 saturated carbocycles. The minimum atomic E-state index is -0.441. The van der Waals surface area contributed by atoms with Crippen molar-refractivity contribution in [3.05, 3.63) is 53.7 Å². The number of thiophene rings is 1. The van der Waals surface area contributed by atoms with Gasteiger partial charge in [-0.05, 0) is 41.3 Å². The number of carbonyl (C=O) groups is 1. The summed E-state index contributed by atoms with van der Waals surface area (Å²) in [6.45, 7) is 0. The molecule has 21 heavy (non-hydrogen) atoms. The van der Waals surface area contributed by atoms with Gasteiger partial charge in [0, 0.05) is 33.6 Å². The number of fused-ring (bicyclic) bond motifs is 1. The summed E-state index contributed by atoms with van der Waals surface area (Å²) in [6.07, 6.45) is 3.49. The van der Waals surface area contributed by atoms with Gasteiger partial charge in [0.05, 0.1) is 0 Å². The Labute approximate surface area is 124 Å². The standard InChI is InChI=1S/C15H12N4OS/c16-15(17)19-14(20)10-1-2-13-11(7-10)12(8-21-13)9-3-5-18-6-4-9/h1-8H,(H4,16,17,19,20). The minimum absolute atomic E-state index is 0.236. The van der Waals surface area contributed by atoms with Crippen molar-refractivity contribution in [2.45, 2.75) is 0 Å². The van der Waals surface area contributed by atoms with E-state index in [1.165, 1.54) is 0 Å². The van der Waals surface area contributed by atoms with Gasteiger partial charge in [-0.3, -0.25) is 9.78 Å². The molecule has 1 amide bonds. The second-order valence-electron chi connectivity index (χ2n) is 4.44. The van der Waals surface area contributed by atoms with Crippen LogP contribution in [0.5, 0.6) is 0 Å². The predicted octanol–water partition coefficient (Wildman–Crippen LogP) is 2.38. The molecule has 6 heteroatoms. The number of nitrogens with zero attached hydrogens (tertiary/aromatic N) is 2. The Balaban J connectivity index is 2.13. The van der Waals surface area contributed by atoms with Crippen LogP contribution in [0.3, 0.4) is 0 Å².